The third-order valence-corrected chi connectivity index (χ3v) is 8.64. The molecule has 1 heterocycles. The molecule has 0 bridgehead atoms. The molecule has 4 rings (SSSR count). The first kappa shape index (κ1) is 29.1. The molecule has 0 aliphatic rings. The van der Waals surface area contributed by atoms with Gasteiger partial charge in [0.05, 0.1) is 30.4 Å². The minimum atomic E-state index is -4.78. The van der Waals surface area contributed by atoms with Crippen molar-refractivity contribution in [2.75, 3.05) is 7.11 Å². The Labute approximate surface area is 227 Å². The molecule has 0 saturated carbocycles. The van der Waals surface area contributed by atoms with E-state index in [0.717, 1.165) is 46.8 Å². The number of hydrogen-bond donors (Lipinski definition) is 0. The number of hydrogen-bond acceptors (Lipinski definition) is 7. The van der Waals surface area contributed by atoms with Crippen molar-refractivity contribution in [1.29, 1.82) is 0 Å². The monoisotopic (exact) mass is 599 g/mol. The zero-order valence-corrected chi connectivity index (χ0v) is 22.3. The largest absolute Gasteiger partial charge is 0.493 e. The van der Waals surface area contributed by atoms with E-state index in [4.69, 9.17) is 13.3 Å². The molecule has 0 aliphatic carbocycles. The lowest BCUT2D eigenvalue weighted by molar-refractivity contribution is -0.137. The van der Waals surface area contributed by atoms with Gasteiger partial charge in [0.1, 0.15) is 16.5 Å². The Hall–Kier alpha value is -3.88. The molecule has 0 atom stereocenters. The summed E-state index contributed by atoms with van der Waals surface area (Å²) in [5, 5.41) is 0. The number of nitrogens with zero attached hydrogens (tertiary/aromatic N) is 1. The number of alkyl halides is 3. The van der Waals surface area contributed by atoms with Crippen LogP contribution in [0.15, 0.2) is 99.3 Å². The van der Waals surface area contributed by atoms with Crippen LogP contribution in [0.1, 0.15) is 16.9 Å². The molecular weight excluding hydrogens is 578 g/mol. The van der Waals surface area contributed by atoms with Crippen LogP contribution in [0.4, 0.5) is 17.6 Å². The Morgan fingerprint density at radius 3 is 2.17 bits per heavy atom. The predicted molar refractivity (Wildman–Crippen MR) is 134 cm³/mol. The van der Waals surface area contributed by atoms with Gasteiger partial charge in [0.15, 0.2) is 11.5 Å². The summed E-state index contributed by atoms with van der Waals surface area (Å²) in [5.74, 6) is -0.786. The van der Waals surface area contributed by atoms with E-state index < -0.39 is 42.6 Å². The molecule has 0 amide bonds. The van der Waals surface area contributed by atoms with Crippen LogP contribution in [0, 0.1) is 5.82 Å². The number of sulfonamides is 1. The molecule has 0 fully saturated rings. The zero-order chi connectivity index (χ0) is 29.1. The van der Waals surface area contributed by atoms with Gasteiger partial charge in [-0.3, -0.25) is 0 Å². The lowest BCUT2D eigenvalue weighted by Gasteiger charge is -2.22. The number of ether oxygens (including phenoxy) is 1. The highest BCUT2D eigenvalue weighted by Gasteiger charge is 2.32. The molecule has 3 aromatic carbocycles. The Bertz CT molecular complexity index is 1690. The smallest absolute Gasteiger partial charge is 0.416 e. The predicted octanol–water partition coefficient (Wildman–Crippen LogP) is 5.60. The van der Waals surface area contributed by atoms with E-state index in [9.17, 15) is 34.4 Å². The van der Waals surface area contributed by atoms with Gasteiger partial charge in [-0.15, -0.1) is 0 Å². The number of furan rings is 1. The van der Waals surface area contributed by atoms with Gasteiger partial charge in [0, 0.05) is 6.54 Å². The highest BCUT2D eigenvalue weighted by molar-refractivity contribution is 7.89. The van der Waals surface area contributed by atoms with Crippen LogP contribution in [0.3, 0.4) is 0 Å². The second-order valence-corrected chi connectivity index (χ2v) is 11.8. The Balaban J connectivity index is 1.68. The van der Waals surface area contributed by atoms with Gasteiger partial charge in [-0.2, -0.15) is 25.9 Å². The van der Waals surface area contributed by atoms with Crippen LogP contribution in [-0.4, -0.2) is 28.3 Å². The van der Waals surface area contributed by atoms with E-state index in [1.807, 2.05) is 0 Å². The number of rotatable bonds is 10. The summed E-state index contributed by atoms with van der Waals surface area (Å²) >= 11 is 0. The van der Waals surface area contributed by atoms with Crippen molar-refractivity contribution in [3.8, 4) is 11.5 Å². The normalized spacial score (nSPS) is 12.4. The van der Waals surface area contributed by atoms with Crippen LogP contribution in [0.2, 0.25) is 0 Å². The molecule has 0 spiro atoms. The number of halogens is 4. The molecule has 14 heteroatoms. The highest BCUT2D eigenvalue weighted by Crippen LogP contribution is 2.34. The fraction of sp³-hybridized carbons (Fsp3) is 0.154. The molecule has 0 unspecified atom stereocenters. The van der Waals surface area contributed by atoms with Gasteiger partial charge < -0.3 is 13.3 Å². The fourth-order valence-corrected chi connectivity index (χ4v) is 6.01. The summed E-state index contributed by atoms with van der Waals surface area (Å²) in [6.45, 7) is -0.540. The van der Waals surface area contributed by atoms with Crippen LogP contribution in [0.25, 0.3) is 0 Å². The summed E-state index contributed by atoms with van der Waals surface area (Å²) in [6, 6.07) is 14.3. The van der Waals surface area contributed by atoms with Gasteiger partial charge in [-0.05, 0) is 72.3 Å². The molecular formula is C26H21F4NO7S2. The van der Waals surface area contributed by atoms with Crippen molar-refractivity contribution in [3.05, 3.63) is 108 Å². The Morgan fingerprint density at radius 1 is 0.825 bits per heavy atom. The molecule has 4 aromatic rings. The van der Waals surface area contributed by atoms with Gasteiger partial charge >= 0.3 is 16.3 Å². The van der Waals surface area contributed by atoms with Crippen molar-refractivity contribution in [2.24, 2.45) is 0 Å². The second-order valence-electron chi connectivity index (χ2n) is 8.35. The lowest BCUT2D eigenvalue weighted by atomic mass is 10.2. The fourth-order valence-electron chi connectivity index (χ4n) is 3.64. The molecule has 0 aliphatic heterocycles. The maximum atomic E-state index is 13.4. The summed E-state index contributed by atoms with van der Waals surface area (Å²) in [7, 11) is -7.74. The first-order chi connectivity index (χ1) is 18.8. The Kier molecular flexibility index (Phi) is 8.23. The van der Waals surface area contributed by atoms with Crippen molar-refractivity contribution >= 4 is 20.1 Å². The van der Waals surface area contributed by atoms with Gasteiger partial charge in [-0.1, -0.05) is 12.1 Å². The maximum absolute atomic E-state index is 13.4. The molecule has 0 radical (unpaired) electrons. The topological polar surface area (TPSA) is 103 Å². The third kappa shape index (κ3) is 6.63. The van der Waals surface area contributed by atoms with Gasteiger partial charge in [0.25, 0.3) is 0 Å². The van der Waals surface area contributed by atoms with Crippen molar-refractivity contribution in [1.82, 2.24) is 4.31 Å². The SMILES string of the molecule is COc1ccc(CN(Cc2ccco2)S(=O)(=O)c2ccc(F)cc2)cc1OS(=O)(=O)c1cccc(C(F)(F)F)c1. The first-order valence-electron chi connectivity index (χ1n) is 11.4. The molecule has 0 saturated heterocycles. The summed E-state index contributed by atoms with van der Waals surface area (Å²) in [5.41, 5.74) is -0.940. The summed E-state index contributed by atoms with van der Waals surface area (Å²) < 4.78 is 122. The van der Waals surface area contributed by atoms with E-state index in [1.54, 1.807) is 12.1 Å². The van der Waals surface area contributed by atoms with Crippen molar-refractivity contribution in [2.45, 2.75) is 29.1 Å². The van der Waals surface area contributed by atoms with Crippen LogP contribution < -0.4 is 8.92 Å². The van der Waals surface area contributed by atoms with Gasteiger partial charge in [0.2, 0.25) is 10.0 Å². The van der Waals surface area contributed by atoms with Crippen LogP contribution in [0.5, 0.6) is 11.5 Å². The summed E-state index contributed by atoms with van der Waals surface area (Å²) in [6.07, 6.45) is -3.42. The van der Waals surface area contributed by atoms with E-state index in [-0.39, 0.29) is 35.0 Å². The van der Waals surface area contributed by atoms with Crippen LogP contribution in [-0.2, 0) is 39.4 Å². The van der Waals surface area contributed by atoms with Crippen molar-refractivity contribution in [3.63, 3.8) is 0 Å². The second kappa shape index (κ2) is 11.3. The third-order valence-electron chi connectivity index (χ3n) is 5.60. The average Bonchev–Trinajstić information content (AvgIpc) is 3.41. The standard InChI is InChI=1S/C26H21F4NO7S2/c1-36-24-12-7-18(14-25(24)38-40(34,35)23-6-2-4-19(15-23)26(28,29)30)16-31(17-21-5-3-13-37-21)39(32,33)22-10-8-20(27)9-11-22/h2-15H,16-17H2,1H3. The van der Waals surface area contributed by atoms with Crippen LogP contribution >= 0.6 is 0 Å². The summed E-state index contributed by atoms with van der Waals surface area (Å²) in [4.78, 5) is -0.939. The quantitative estimate of drug-likeness (QED) is 0.173. The minimum absolute atomic E-state index is 0.0710. The van der Waals surface area contributed by atoms with E-state index in [0.29, 0.717) is 11.8 Å². The van der Waals surface area contributed by atoms with Crippen molar-refractivity contribution < 1.29 is 47.7 Å². The van der Waals surface area contributed by atoms with Gasteiger partial charge in [-0.25, -0.2) is 12.8 Å². The zero-order valence-electron chi connectivity index (χ0n) is 20.6. The number of benzene rings is 3. The van der Waals surface area contributed by atoms with E-state index in [1.165, 1.54) is 31.6 Å². The van der Waals surface area contributed by atoms with E-state index >= 15 is 0 Å². The number of methoxy groups -OCH3 is 1. The molecule has 0 N–H and O–H groups in total. The lowest BCUT2D eigenvalue weighted by Crippen LogP contribution is -2.30. The maximum Gasteiger partial charge on any atom is 0.416 e. The Morgan fingerprint density at radius 2 is 1.55 bits per heavy atom. The molecule has 1 aromatic heterocycles. The molecule has 8 nitrogen and oxygen atoms in total. The minimum Gasteiger partial charge on any atom is -0.493 e. The van der Waals surface area contributed by atoms with E-state index in [2.05, 4.69) is 0 Å². The molecule has 40 heavy (non-hydrogen) atoms. The molecule has 212 valence electrons. The first-order valence-corrected chi connectivity index (χ1v) is 14.2. The highest BCUT2D eigenvalue weighted by atomic mass is 32.2. The average molecular weight is 600 g/mol.